The van der Waals surface area contributed by atoms with Gasteiger partial charge in [0.1, 0.15) is 0 Å². The van der Waals surface area contributed by atoms with Gasteiger partial charge in [0.15, 0.2) is 0 Å². The SMILES string of the molecule is Cc1cc(C(C)Nc2ccc(-c3ccn[nH]3)cc2)c(C)s1. The topological polar surface area (TPSA) is 40.7 Å². The highest BCUT2D eigenvalue weighted by atomic mass is 32.1. The van der Waals surface area contributed by atoms with Crippen LogP contribution in [0.1, 0.15) is 28.3 Å². The van der Waals surface area contributed by atoms with E-state index in [0.717, 1.165) is 16.9 Å². The molecule has 0 fully saturated rings. The van der Waals surface area contributed by atoms with E-state index in [1.165, 1.54) is 15.3 Å². The Morgan fingerprint density at radius 1 is 1.14 bits per heavy atom. The van der Waals surface area contributed by atoms with Gasteiger partial charge in [-0.05, 0) is 56.2 Å². The number of nitrogens with one attached hydrogen (secondary N) is 2. The lowest BCUT2D eigenvalue weighted by atomic mass is 10.1. The molecule has 2 N–H and O–H groups in total. The second-order valence-electron chi connectivity index (χ2n) is 5.28. The number of hydrogen-bond acceptors (Lipinski definition) is 3. The van der Waals surface area contributed by atoms with Gasteiger partial charge >= 0.3 is 0 Å². The lowest BCUT2D eigenvalue weighted by Crippen LogP contribution is -2.06. The van der Waals surface area contributed by atoms with E-state index in [2.05, 4.69) is 66.6 Å². The van der Waals surface area contributed by atoms with Crippen molar-refractivity contribution in [3.05, 3.63) is 57.9 Å². The minimum absolute atomic E-state index is 0.313. The molecule has 2 aromatic heterocycles. The van der Waals surface area contributed by atoms with Crippen LogP contribution in [0.5, 0.6) is 0 Å². The number of aromatic nitrogens is 2. The summed E-state index contributed by atoms with van der Waals surface area (Å²) in [4.78, 5) is 2.76. The lowest BCUT2D eigenvalue weighted by Gasteiger charge is -2.15. The summed E-state index contributed by atoms with van der Waals surface area (Å²) in [5, 5.41) is 10.5. The molecule has 0 aliphatic carbocycles. The van der Waals surface area contributed by atoms with Gasteiger partial charge < -0.3 is 5.32 Å². The zero-order valence-corrected chi connectivity index (χ0v) is 13.3. The Labute approximate surface area is 129 Å². The normalized spacial score (nSPS) is 12.3. The summed E-state index contributed by atoms with van der Waals surface area (Å²) in [5.74, 6) is 0. The van der Waals surface area contributed by atoms with Crippen molar-refractivity contribution in [1.82, 2.24) is 10.2 Å². The Morgan fingerprint density at radius 3 is 2.48 bits per heavy atom. The number of benzene rings is 1. The molecule has 21 heavy (non-hydrogen) atoms. The zero-order valence-electron chi connectivity index (χ0n) is 12.5. The average molecular weight is 297 g/mol. The van der Waals surface area contributed by atoms with Crippen molar-refractivity contribution in [2.75, 3.05) is 5.32 Å². The standard InChI is InChI=1S/C17H19N3S/c1-11-10-16(13(3)21-11)12(2)19-15-6-4-14(5-7-15)17-8-9-18-20-17/h4-10,12,19H,1-3H3,(H,18,20). The first-order chi connectivity index (χ1) is 10.1. The first kappa shape index (κ1) is 13.9. The fourth-order valence-corrected chi connectivity index (χ4v) is 3.59. The third kappa shape index (κ3) is 3.00. The van der Waals surface area contributed by atoms with Crippen molar-refractivity contribution >= 4 is 17.0 Å². The van der Waals surface area contributed by atoms with Gasteiger partial charge in [-0.1, -0.05) is 12.1 Å². The maximum Gasteiger partial charge on any atom is 0.0650 e. The van der Waals surface area contributed by atoms with Gasteiger partial charge in [0.05, 0.1) is 5.69 Å². The van der Waals surface area contributed by atoms with Crippen LogP contribution in [0.4, 0.5) is 5.69 Å². The summed E-state index contributed by atoms with van der Waals surface area (Å²) in [6.07, 6.45) is 1.77. The summed E-state index contributed by atoms with van der Waals surface area (Å²) < 4.78 is 0. The first-order valence-corrected chi connectivity index (χ1v) is 7.88. The highest BCUT2D eigenvalue weighted by molar-refractivity contribution is 7.12. The van der Waals surface area contributed by atoms with Gasteiger partial charge in [-0.15, -0.1) is 11.3 Å². The van der Waals surface area contributed by atoms with Crippen molar-refractivity contribution in [1.29, 1.82) is 0 Å². The number of rotatable bonds is 4. The van der Waals surface area contributed by atoms with Gasteiger partial charge in [-0.25, -0.2) is 0 Å². The molecule has 1 aromatic carbocycles. The molecule has 3 aromatic rings. The second kappa shape index (κ2) is 5.74. The van der Waals surface area contributed by atoms with Gasteiger partial charge in [0.25, 0.3) is 0 Å². The Balaban J connectivity index is 1.74. The van der Waals surface area contributed by atoms with Crippen LogP contribution < -0.4 is 5.32 Å². The van der Waals surface area contributed by atoms with Gasteiger partial charge in [-0.3, -0.25) is 5.10 Å². The third-order valence-corrected chi connectivity index (χ3v) is 4.61. The molecule has 3 nitrogen and oxygen atoms in total. The summed E-state index contributed by atoms with van der Waals surface area (Å²) in [6.45, 7) is 6.55. The van der Waals surface area contributed by atoms with Crippen LogP contribution in [0.2, 0.25) is 0 Å². The molecule has 2 heterocycles. The van der Waals surface area contributed by atoms with Crippen LogP contribution in [0.25, 0.3) is 11.3 Å². The van der Waals surface area contributed by atoms with Crippen LogP contribution in [0.3, 0.4) is 0 Å². The van der Waals surface area contributed by atoms with Crippen LogP contribution >= 0.6 is 11.3 Å². The predicted molar refractivity (Wildman–Crippen MR) is 89.9 cm³/mol. The van der Waals surface area contributed by atoms with Crippen molar-refractivity contribution in [3.63, 3.8) is 0 Å². The van der Waals surface area contributed by atoms with E-state index in [1.54, 1.807) is 6.20 Å². The van der Waals surface area contributed by atoms with Crippen LogP contribution in [0, 0.1) is 13.8 Å². The van der Waals surface area contributed by atoms with Crippen LogP contribution in [-0.2, 0) is 0 Å². The molecule has 1 atom stereocenters. The average Bonchev–Trinajstić information content (AvgIpc) is 3.09. The Hall–Kier alpha value is -2.07. The van der Waals surface area contributed by atoms with Gasteiger partial charge in [0, 0.05) is 27.7 Å². The number of anilines is 1. The van der Waals surface area contributed by atoms with Crippen molar-refractivity contribution in [3.8, 4) is 11.3 Å². The molecular weight excluding hydrogens is 278 g/mol. The highest BCUT2D eigenvalue weighted by Gasteiger charge is 2.11. The van der Waals surface area contributed by atoms with E-state index < -0.39 is 0 Å². The Bertz CT molecular complexity index is 711. The van der Waals surface area contributed by atoms with E-state index in [4.69, 9.17) is 0 Å². The van der Waals surface area contributed by atoms with Gasteiger partial charge in [-0.2, -0.15) is 5.10 Å². The molecule has 0 amide bonds. The van der Waals surface area contributed by atoms with E-state index in [1.807, 2.05) is 17.4 Å². The number of aryl methyl sites for hydroxylation is 2. The fraction of sp³-hybridized carbons (Fsp3) is 0.235. The number of nitrogens with zero attached hydrogens (tertiary/aromatic N) is 1. The summed E-state index contributed by atoms with van der Waals surface area (Å²) in [5.41, 5.74) is 4.70. The second-order valence-corrected chi connectivity index (χ2v) is 6.74. The van der Waals surface area contributed by atoms with E-state index in [0.29, 0.717) is 6.04 Å². The summed E-state index contributed by atoms with van der Waals surface area (Å²) >= 11 is 1.86. The van der Waals surface area contributed by atoms with Gasteiger partial charge in [0.2, 0.25) is 0 Å². The minimum Gasteiger partial charge on any atom is -0.378 e. The minimum atomic E-state index is 0.313. The van der Waals surface area contributed by atoms with Crippen molar-refractivity contribution in [2.24, 2.45) is 0 Å². The smallest absolute Gasteiger partial charge is 0.0650 e. The molecule has 3 rings (SSSR count). The van der Waals surface area contributed by atoms with Crippen molar-refractivity contribution < 1.29 is 0 Å². The molecule has 0 saturated carbocycles. The molecule has 1 unspecified atom stereocenters. The molecule has 0 aliphatic heterocycles. The molecule has 4 heteroatoms. The first-order valence-electron chi connectivity index (χ1n) is 7.07. The number of thiophene rings is 1. The van der Waals surface area contributed by atoms with E-state index >= 15 is 0 Å². The van der Waals surface area contributed by atoms with E-state index in [9.17, 15) is 0 Å². The predicted octanol–water partition coefficient (Wildman–Crippen LogP) is 4.93. The maximum atomic E-state index is 3.98. The number of aromatic amines is 1. The molecule has 0 radical (unpaired) electrons. The molecule has 0 spiro atoms. The quantitative estimate of drug-likeness (QED) is 0.717. The largest absolute Gasteiger partial charge is 0.378 e. The molecule has 0 bridgehead atoms. The van der Waals surface area contributed by atoms with Crippen LogP contribution in [-0.4, -0.2) is 10.2 Å². The Kier molecular flexibility index (Phi) is 3.80. The lowest BCUT2D eigenvalue weighted by molar-refractivity contribution is 0.882. The highest BCUT2D eigenvalue weighted by Crippen LogP contribution is 2.29. The fourth-order valence-electron chi connectivity index (χ4n) is 2.57. The number of hydrogen-bond donors (Lipinski definition) is 2. The van der Waals surface area contributed by atoms with E-state index in [-0.39, 0.29) is 0 Å². The van der Waals surface area contributed by atoms with Crippen molar-refractivity contribution in [2.45, 2.75) is 26.8 Å². The third-order valence-electron chi connectivity index (χ3n) is 3.63. The summed E-state index contributed by atoms with van der Waals surface area (Å²) in [7, 11) is 0. The summed E-state index contributed by atoms with van der Waals surface area (Å²) in [6, 6.07) is 13.0. The number of H-pyrrole nitrogens is 1. The zero-order chi connectivity index (χ0) is 14.8. The Morgan fingerprint density at radius 2 is 1.90 bits per heavy atom. The molecule has 0 aliphatic rings. The monoisotopic (exact) mass is 297 g/mol. The molecule has 108 valence electrons. The molecule has 0 saturated heterocycles. The van der Waals surface area contributed by atoms with Crippen LogP contribution in [0.15, 0.2) is 42.6 Å². The molecular formula is C17H19N3S. The maximum absolute atomic E-state index is 3.98.